The number of fused-ring (bicyclic) bond motifs is 1. The van der Waals surface area contributed by atoms with Crippen LogP contribution in [0.15, 0.2) is 23.1 Å². The normalized spacial score (nSPS) is 11.5. The van der Waals surface area contributed by atoms with E-state index in [1.807, 2.05) is 13.8 Å². The van der Waals surface area contributed by atoms with Gasteiger partial charge in [0.2, 0.25) is 0 Å². The molecule has 1 N–H and O–H groups in total. The second kappa shape index (κ2) is 10.1. The van der Waals surface area contributed by atoms with E-state index in [-0.39, 0.29) is 17.1 Å². The molecule has 0 atom stereocenters. The molecule has 1 aromatic heterocycles. The largest absolute Gasteiger partial charge is 0.545 e. The van der Waals surface area contributed by atoms with Gasteiger partial charge in [-0.05, 0) is 26.0 Å². The molecule has 0 spiro atoms. The van der Waals surface area contributed by atoms with Crippen LogP contribution in [0.25, 0.3) is 10.9 Å². The molecule has 0 unspecified atom stereocenters. The van der Waals surface area contributed by atoms with E-state index in [0.717, 1.165) is 6.07 Å². The summed E-state index contributed by atoms with van der Waals surface area (Å²) in [6.07, 6.45) is 1.25. The van der Waals surface area contributed by atoms with Gasteiger partial charge in [0.25, 0.3) is 0 Å². The van der Waals surface area contributed by atoms with Crippen LogP contribution in [0.2, 0.25) is 0 Å². The number of nitrogens with zero attached hydrogens (tertiary/aromatic N) is 2. The molecule has 0 fully saturated rings. The van der Waals surface area contributed by atoms with Gasteiger partial charge in [0, 0.05) is 55.6 Å². The standard InChI is InChI=1S/C19H24Cl2FN3O3/c1-12(2)25-11-14(19(27)28)18(26)13-9-15(22)16(10-17(13)25)23-5-8-24(6-3-20)7-4-21/h9-12,23H,3-8H2,1-2H3,(H,27,28)/p-1. The average molecular weight is 431 g/mol. The van der Waals surface area contributed by atoms with Gasteiger partial charge in [0.15, 0.2) is 5.43 Å². The van der Waals surface area contributed by atoms with E-state index in [1.165, 1.54) is 12.3 Å². The first-order valence-corrected chi connectivity index (χ1v) is 10.0. The fourth-order valence-corrected chi connectivity index (χ4v) is 3.48. The number of pyridine rings is 1. The van der Waals surface area contributed by atoms with Crippen LogP contribution in [0.4, 0.5) is 10.1 Å². The number of rotatable bonds is 10. The number of carboxylic acids is 1. The molecule has 0 aliphatic carbocycles. The first-order chi connectivity index (χ1) is 13.3. The van der Waals surface area contributed by atoms with E-state index >= 15 is 0 Å². The third kappa shape index (κ3) is 5.16. The fourth-order valence-electron chi connectivity index (χ4n) is 3.00. The van der Waals surface area contributed by atoms with Crippen LogP contribution in [0.1, 0.15) is 30.2 Å². The molecular weight excluding hydrogens is 408 g/mol. The molecular formula is C19H23Cl2FN3O3-. The Hall–Kier alpha value is -1.83. The molecule has 0 radical (unpaired) electrons. The van der Waals surface area contributed by atoms with Gasteiger partial charge in [-0.1, -0.05) is 0 Å². The number of hydrogen-bond acceptors (Lipinski definition) is 5. The molecule has 6 nitrogen and oxygen atoms in total. The van der Waals surface area contributed by atoms with Crippen molar-refractivity contribution in [3.63, 3.8) is 0 Å². The maximum atomic E-state index is 14.6. The van der Waals surface area contributed by atoms with Gasteiger partial charge in [0.1, 0.15) is 5.82 Å². The molecule has 0 amide bonds. The van der Waals surface area contributed by atoms with Gasteiger partial charge in [-0.2, -0.15) is 0 Å². The Bertz CT molecular complexity index is 896. The van der Waals surface area contributed by atoms with Crippen molar-refractivity contribution < 1.29 is 14.3 Å². The number of carbonyl (C=O) groups is 1. The third-order valence-electron chi connectivity index (χ3n) is 4.44. The van der Waals surface area contributed by atoms with E-state index in [9.17, 15) is 19.1 Å². The Labute approximate surface area is 172 Å². The number of carboxylic acid groups (broad SMARTS) is 1. The van der Waals surface area contributed by atoms with Crippen LogP contribution in [0, 0.1) is 5.82 Å². The van der Waals surface area contributed by atoms with Crippen LogP contribution in [-0.2, 0) is 0 Å². The minimum absolute atomic E-state index is 0.00403. The summed E-state index contributed by atoms with van der Waals surface area (Å²) in [6, 6.07) is 2.46. The summed E-state index contributed by atoms with van der Waals surface area (Å²) in [5, 5.41) is 14.3. The lowest BCUT2D eigenvalue weighted by Crippen LogP contribution is -2.32. The monoisotopic (exact) mass is 430 g/mol. The number of hydrogen-bond donors (Lipinski definition) is 1. The quantitative estimate of drug-likeness (QED) is 0.585. The molecule has 0 aliphatic heterocycles. The highest BCUT2D eigenvalue weighted by Gasteiger charge is 2.15. The smallest absolute Gasteiger partial charge is 0.198 e. The van der Waals surface area contributed by atoms with Crippen LogP contribution in [-0.4, -0.2) is 53.4 Å². The maximum Gasteiger partial charge on any atom is 0.198 e. The number of aromatic carboxylic acids is 1. The molecule has 2 aromatic rings. The van der Waals surface area contributed by atoms with Gasteiger partial charge >= 0.3 is 0 Å². The lowest BCUT2D eigenvalue weighted by atomic mass is 10.1. The predicted octanol–water partition coefficient (Wildman–Crippen LogP) is 2.28. The van der Waals surface area contributed by atoms with E-state index in [1.54, 1.807) is 4.57 Å². The lowest BCUT2D eigenvalue weighted by Gasteiger charge is -2.21. The number of alkyl halides is 2. The molecule has 0 saturated carbocycles. The van der Waals surface area contributed by atoms with Crippen LogP contribution < -0.4 is 15.9 Å². The molecule has 0 aliphatic rings. The number of anilines is 1. The number of nitrogens with one attached hydrogen (secondary N) is 1. The summed E-state index contributed by atoms with van der Waals surface area (Å²) < 4.78 is 16.2. The number of halogens is 3. The second-order valence-corrected chi connectivity index (χ2v) is 7.41. The molecule has 0 bridgehead atoms. The molecule has 0 saturated heterocycles. The number of benzene rings is 1. The summed E-state index contributed by atoms with van der Waals surface area (Å²) in [4.78, 5) is 25.7. The molecule has 1 heterocycles. The van der Waals surface area contributed by atoms with E-state index in [4.69, 9.17) is 23.2 Å². The van der Waals surface area contributed by atoms with Gasteiger partial charge in [0.05, 0.1) is 22.7 Å². The number of carbonyl (C=O) groups excluding carboxylic acids is 1. The number of aromatic nitrogens is 1. The van der Waals surface area contributed by atoms with Crippen molar-refractivity contribution in [2.75, 3.05) is 43.3 Å². The summed E-state index contributed by atoms with van der Waals surface area (Å²) in [5.41, 5.74) is -0.557. The fraction of sp³-hybridized carbons (Fsp3) is 0.474. The predicted molar refractivity (Wildman–Crippen MR) is 109 cm³/mol. The van der Waals surface area contributed by atoms with Crippen molar-refractivity contribution in [1.29, 1.82) is 0 Å². The summed E-state index contributed by atoms with van der Waals surface area (Å²) in [5.74, 6) is -1.26. The highest BCUT2D eigenvalue weighted by atomic mass is 35.5. The van der Waals surface area contributed by atoms with E-state index < -0.39 is 22.8 Å². The third-order valence-corrected chi connectivity index (χ3v) is 4.78. The van der Waals surface area contributed by atoms with E-state index in [0.29, 0.717) is 43.5 Å². The van der Waals surface area contributed by atoms with Gasteiger partial charge in [-0.3, -0.25) is 9.69 Å². The second-order valence-electron chi connectivity index (χ2n) is 6.66. The Morgan fingerprint density at radius 1 is 1.25 bits per heavy atom. The molecule has 28 heavy (non-hydrogen) atoms. The Kier molecular flexibility index (Phi) is 8.10. The van der Waals surface area contributed by atoms with Gasteiger partial charge < -0.3 is 19.8 Å². The van der Waals surface area contributed by atoms with Gasteiger partial charge in [-0.25, -0.2) is 4.39 Å². The minimum Gasteiger partial charge on any atom is -0.545 e. The summed E-state index contributed by atoms with van der Waals surface area (Å²) in [6.45, 7) is 6.12. The lowest BCUT2D eigenvalue weighted by molar-refractivity contribution is -0.255. The maximum absolute atomic E-state index is 14.6. The Morgan fingerprint density at radius 3 is 2.43 bits per heavy atom. The van der Waals surface area contributed by atoms with Crippen molar-refractivity contribution in [1.82, 2.24) is 9.47 Å². The molecule has 2 rings (SSSR count). The summed E-state index contributed by atoms with van der Waals surface area (Å²) in [7, 11) is 0. The highest BCUT2D eigenvalue weighted by molar-refractivity contribution is 6.18. The van der Waals surface area contributed by atoms with Crippen molar-refractivity contribution in [3.8, 4) is 0 Å². The van der Waals surface area contributed by atoms with Crippen molar-refractivity contribution >= 4 is 45.8 Å². The SMILES string of the molecule is CC(C)n1cc(C(=O)[O-])c(=O)c2cc(F)c(NCCN(CCCl)CCCl)cc21. The molecule has 9 heteroatoms. The van der Waals surface area contributed by atoms with Crippen molar-refractivity contribution in [3.05, 3.63) is 39.9 Å². The Balaban J connectivity index is 2.37. The average Bonchev–Trinajstić information content (AvgIpc) is 2.62. The minimum atomic E-state index is -1.58. The van der Waals surface area contributed by atoms with Crippen molar-refractivity contribution in [2.45, 2.75) is 19.9 Å². The summed E-state index contributed by atoms with van der Waals surface area (Å²) >= 11 is 11.5. The Morgan fingerprint density at radius 2 is 1.89 bits per heavy atom. The zero-order valence-electron chi connectivity index (χ0n) is 15.8. The topological polar surface area (TPSA) is 77.4 Å². The van der Waals surface area contributed by atoms with Crippen LogP contribution in [0.5, 0.6) is 0 Å². The van der Waals surface area contributed by atoms with E-state index in [2.05, 4.69) is 10.2 Å². The zero-order valence-corrected chi connectivity index (χ0v) is 17.3. The molecule has 154 valence electrons. The molecule has 1 aromatic carbocycles. The van der Waals surface area contributed by atoms with Crippen LogP contribution in [0.3, 0.4) is 0 Å². The van der Waals surface area contributed by atoms with Crippen molar-refractivity contribution in [2.24, 2.45) is 0 Å². The first-order valence-electron chi connectivity index (χ1n) is 8.98. The zero-order chi connectivity index (χ0) is 20.8. The van der Waals surface area contributed by atoms with Gasteiger partial charge in [-0.15, -0.1) is 23.2 Å². The highest BCUT2D eigenvalue weighted by Crippen LogP contribution is 2.24. The first kappa shape index (κ1) is 22.5. The van der Waals surface area contributed by atoms with Crippen LogP contribution >= 0.6 is 23.2 Å².